The fraction of sp³-hybridized carbons (Fsp3) is 0.333. The van der Waals surface area contributed by atoms with Gasteiger partial charge >= 0.3 is 0 Å². The van der Waals surface area contributed by atoms with Crippen molar-refractivity contribution in [3.05, 3.63) is 27.8 Å². The lowest BCUT2D eigenvalue weighted by molar-refractivity contribution is -0.383. The van der Waals surface area contributed by atoms with Gasteiger partial charge in [-0.2, -0.15) is 8.75 Å². The molecule has 0 radical (unpaired) electrons. The lowest BCUT2D eigenvalue weighted by Crippen LogP contribution is -1.92. The van der Waals surface area contributed by atoms with Crippen LogP contribution in [0.3, 0.4) is 0 Å². The molecule has 0 saturated carbocycles. The number of rotatable bonds is 3. The first kappa shape index (κ1) is 9.97. The second-order valence-corrected chi connectivity index (χ2v) is 3.74. The van der Waals surface area contributed by atoms with E-state index in [-0.39, 0.29) is 5.69 Å². The summed E-state index contributed by atoms with van der Waals surface area (Å²) in [6.45, 7) is 2.06. The van der Waals surface area contributed by atoms with Gasteiger partial charge < -0.3 is 0 Å². The molecule has 0 atom stereocenters. The minimum Gasteiger partial charge on any atom is -0.258 e. The Morgan fingerprint density at radius 3 is 2.80 bits per heavy atom. The standard InChI is InChI=1S/C9H9N3O2S/c1-2-3-6-4-5-7(12(13)14)9-8(6)10-15-11-9/h4-5H,2-3H2,1H3. The van der Waals surface area contributed by atoms with Crippen molar-refractivity contribution in [2.24, 2.45) is 0 Å². The van der Waals surface area contributed by atoms with Crippen molar-refractivity contribution in [2.75, 3.05) is 0 Å². The van der Waals surface area contributed by atoms with Crippen molar-refractivity contribution in [1.29, 1.82) is 0 Å². The van der Waals surface area contributed by atoms with Crippen molar-refractivity contribution in [3.63, 3.8) is 0 Å². The summed E-state index contributed by atoms with van der Waals surface area (Å²) in [7, 11) is 0. The third-order valence-corrected chi connectivity index (χ3v) is 2.72. The summed E-state index contributed by atoms with van der Waals surface area (Å²) in [4.78, 5) is 10.3. The van der Waals surface area contributed by atoms with E-state index in [9.17, 15) is 10.1 Å². The number of aryl methyl sites for hydroxylation is 1. The van der Waals surface area contributed by atoms with Gasteiger partial charge in [-0.15, -0.1) is 0 Å². The second-order valence-electron chi connectivity index (χ2n) is 3.21. The Kier molecular flexibility index (Phi) is 2.59. The number of hydrogen-bond acceptors (Lipinski definition) is 5. The molecule has 0 aliphatic carbocycles. The minimum absolute atomic E-state index is 0.0404. The van der Waals surface area contributed by atoms with Gasteiger partial charge in [0.25, 0.3) is 5.69 Å². The van der Waals surface area contributed by atoms with Gasteiger partial charge in [-0.3, -0.25) is 10.1 Å². The predicted molar refractivity (Wildman–Crippen MR) is 58.1 cm³/mol. The van der Waals surface area contributed by atoms with Crippen LogP contribution in [0.2, 0.25) is 0 Å². The minimum atomic E-state index is -0.417. The quantitative estimate of drug-likeness (QED) is 0.592. The first-order valence-corrected chi connectivity index (χ1v) is 5.35. The molecule has 0 saturated heterocycles. The molecule has 6 heteroatoms. The zero-order valence-corrected chi connectivity index (χ0v) is 8.95. The van der Waals surface area contributed by atoms with E-state index in [4.69, 9.17) is 0 Å². The van der Waals surface area contributed by atoms with Crippen LogP contribution < -0.4 is 0 Å². The van der Waals surface area contributed by atoms with Gasteiger partial charge in [-0.1, -0.05) is 13.3 Å². The maximum atomic E-state index is 10.7. The van der Waals surface area contributed by atoms with Crippen molar-refractivity contribution in [1.82, 2.24) is 8.75 Å². The number of fused-ring (bicyclic) bond motifs is 1. The van der Waals surface area contributed by atoms with Gasteiger partial charge in [0.15, 0.2) is 5.52 Å². The van der Waals surface area contributed by atoms with Crippen LogP contribution in [0, 0.1) is 10.1 Å². The summed E-state index contributed by atoms with van der Waals surface area (Å²) in [5.74, 6) is 0. The summed E-state index contributed by atoms with van der Waals surface area (Å²) < 4.78 is 8.08. The fourth-order valence-corrected chi connectivity index (χ4v) is 2.11. The molecule has 1 aromatic heterocycles. The molecule has 0 bridgehead atoms. The number of nitro groups is 1. The van der Waals surface area contributed by atoms with Crippen LogP contribution in [-0.4, -0.2) is 13.7 Å². The Bertz CT molecular complexity index is 509. The average molecular weight is 223 g/mol. The monoisotopic (exact) mass is 223 g/mol. The number of nitrogens with zero attached hydrogens (tertiary/aromatic N) is 3. The van der Waals surface area contributed by atoms with Crippen LogP contribution in [-0.2, 0) is 6.42 Å². The Morgan fingerprint density at radius 1 is 1.40 bits per heavy atom. The lowest BCUT2D eigenvalue weighted by Gasteiger charge is -1.99. The van der Waals surface area contributed by atoms with E-state index in [0.717, 1.165) is 30.1 Å². The maximum Gasteiger partial charge on any atom is 0.298 e. The zero-order valence-electron chi connectivity index (χ0n) is 8.14. The van der Waals surface area contributed by atoms with Gasteiger partial charge in [0.2, 0.25) is 0 Å². The summed E-state index contributed by atoms with van der Waals surface area (Å²) >= 11 is 1.02. The summed E-state index contributed by atoms with van der Waals surface area (Å²) in [6, 6.07) is 3.28. The highest BCUT2D eigenvalue weighted by molar-refractivity contribution is 7.00. The van der Waals surface area contributed by atoms with Gasteiger partial charge in [-0.05, 0) is 18.1 Å². The molecule has 2 rings (SSSR count). The number of benzene rings is 1. The predicted octanol–water partition coefficient (Wildman–Crippen LogP) is 2.55. The topological polar surface area (TPSA) is 68.9 Å². The zero-order chi connectivity index (χ0) is 10.8. The van der Waals surface area contributed by atoms with E-state index in [0.29, 0.717) is 11.0 Å². The highest BCUT2D eigenvalue weighted by atomic mass is 32.1. The largest absolute Gasteiger partial charge is 0.298 e. The molecule has 78 valence electrons. The molecule has 0 aliphatic heterocycles. The van der Waals surface area contributed by atoms with Crippen molar-refractivity contribution < 1.29 is 4.92 Å². The molecule has 1 heterocycles. The van der Waals surface area contributed by atoms with E-state index < -0.39 is 4.92 Å². The molecule has 1 aromatic carbocycles. The number of non-ortho nitro benzene ring substituents is 1. The smallest absolute Gasteiger partial charge is 0.258 e. The van der Waals surface area contributed by atoms with Crippen LogP contribution in [0.25, 0.3) is 11.0 Å². The Hall–Kier alpha value is -1.56. The lowest BCUT2D eigenvalue weighted by atomic mass is 10.1. The first-order valence-electron chi connectivity index (χ1n) is 4.62. The van der Waals surface area contributed by atoms with Gasteiger partial charge in [-0.25, -0.2) is 0 Å². The third kappa shape index (κ3) is 1.68. The first-order chi connectivity index (χ1) is 7.24. The molecule has 0 unspecified atom stereocenters. The van der Waals surface area contributed by atoms with E-state index in [1.165, 1.54) is 6.07 Å². The van der Waals surface area contributed by atoms with Crippen LogP contribution >= 0.6 is 11.7 Å². The summed E-state index contributed by atoms with van der Waals surface area (Å²) in [6.07, 6.45) is 1.87. The Morgan fingerprint density at radius 2 is 2.13 bits per heavy atom. The van der Waals surface area contributed by atoms with Gasteiger partial charge in [0.05, 0.1) is 16.7 Å². The van der Waals surface area contributed by atoms with Crippen LogP contribution in [0.1, 0.15) is 18.9 Å². The molecule has 15 heavy (non-hydrogen) atoms. The maximum absolute atomic E-state index is 10.7. The van der Waals surface area contributed by atoms with E-state index in [1.54, 1.807) is 6.07 Å². The van der Waals surface area contributed by atoms with Crippen molar-refractivity contribution >= 4 is 28.4 Å². The second kappa shape index (κ2) is 3.90. The number of aromatic nitrogens is 2. The number of nitro benzene ring substituents is 1. The van der Waals surface area contributed by atoms with Crippen molar-refractivity contribution in [2.45, 2.75) is 19.8 Å². The molecule has 5 nitrogen and oxygen atoms in total. The fourth-order valence-electron chi connectivity index (χ4n) is 1.52. The molecule has 0 fully saturated rings. The van der Waals surface area contributed by atoms with E-state index in [2.05, 4.69) is 15.7 Å². The van der Waals surface area contributed by atoms with Gasteiger partial charge in [0.1, 0.15) is 5.52 Å². The molecule has 0 aliphatic rings. The van der Waals surface area contributed by atoms with Crippen molar-refractivity contribution in [3.8, 4) is 0 Å². The summed E-state index contributed by atoms with van der Waals surface area (Å²) in [5, 5.41) is 10.7. The molecule has 0 amide bonds. The van der Waals surface area contributed by atoms with Crippen LogP contribution in [0.15, 0.2) is 12.1 Å². The highest BCUT2D eigenvalue weighted by Crippen LogP contribution is 2.27. The summed E-state index contributed by atoms with van der Waals surface area (Å²) in [5.41, 5.74) is 2.16. The van der Waals surface area contributed by atoms with Crippen LogP contribution in [0.4, 0.5) is 5.69 Å². The SMILES string of the molecule is CCCc1ccc([N+](=O)[O-])c2nsnc12. The normalized spacial score (nSPS) is 10.7. The molecule has 2 aromatic rings. The van der Waals surface area contributed by atoms with E-state index in [1.807, 2.05) is 0 Å². The average Bonchev–Trinajstić information content (AvgIpc) is 2.66. The Labute approximate surface area is 90.2 Å². The molecule has 0 spiro atoms. The molecular weight excluding hydrogens is 214 g/mol. The Balaban J connectivity index is 2.65. The molecular formula is C9H9N3O2S. The van der Waals surface area contributed by atoms with E-state index >= 15 is 0 Å². The molecule has 0 N–H and O–H groups in total. The number of hydrogen-bond donors (Lipinski definition) is 0. The van der Waals surface area contributed by atoms with Gasteiger partial charge in [0, 0.05) is 6.07 Å². The third-order valence-electron chi connectivity index (χ3n) is 2.19. The highest BCUT2D eigenvalue weighted by Gasteiger charge is 2.17. The van der Waals surface area contributed by atoms with Crippen LogP contribution in [0.5, 0.6) is 0 Å².